The van der Waals surface area contributed by atoms with Gasteiger partial charge in [-0.15, -0.1) is 0 Å². The van der Waals surface area contributed by atoms with Gasteiger partial charge in [-0.2, -0.15) is 0 Å². The molecule has 0 aliphatic rings. The van der Waals surface area contributed by atoms with Gasteiger partial charge in [-0.3, -0.25) is 9.59 Å². The topological polar surface area (TPSA) is 120 Å². The Bertz CT molecular complexity index is 707. The van der Waals surface area contributed by atoms with Crippen molar-refractivity contribution in [2.24, 2.45) is 5.92 Å². The Morgan fingerprint density at radius 2 is 1.60 bits per heavy atom. The number of nitrogens with one attached hydrogen (secondary N) is 2. The van der Waals surface area contributed by atoms with Gasteiger partial charge in [0.15, 0.2) is 0 Å². The molecule has 0 heterocycles. The standard InChI is InChI=1S/C21H30N2O7/c1-14(2)12-17(23-21(27)30-13-15-8-6-5-7-9-15)19(25)22-16(20(26)29-4)10-11-18(24)28-3/h5-9,14,16-17H,10-13H2,1-4H3,(H,22,25)(H,23,27)/t16-,17+/m1/s1. The van der Waals surface area contributed by atoms with Crippen LogP contribution in [0.1, 0.15) is 38.7 Å². The molecule has 2 amide bonds. The molecule has 0 bridgehead atoms. The fourth-order valence-electron chi connectivity index (χ4n) is 2.64. The van der Waals surface area contributed by atoms with E-state index in [1.807, 2.05) is 44.2 Å². The van der Waals surface area contributed by atoms with E-state index in [2.05, 4.69) is 15.4 Å². The molecule has 166 valence electrons. The molecular formula is C21H30N2O7. The SMILES string of the molecule is COC(=O)CC[C@@H](NC(=O)[C@H](CC(C)C)NC(=O)OCc1ccccc1)C(=O)OC. The number of hydrogen-bond donors (Lipinski definition) is 2. The quantitative estimate of drug-likeness (QED) is 0.413. The van der Waals surface area contributed by atoms with Crippen LogP contribution in [0.4, 0.5) is 4.79 Å². The highest BCUT2D eigenvalue weighted by atomic mass is 16.5. The van der Waals surface area contributed by atoms with Gasteiger partial charge in [-0.25, -0.2) is 9.59 Å². The van der Waals surface area contributed by atoms with Crippen molar-refractivity contribution in [1.29, 1.82) is 0 Å². The lowest BCUT2D eigenvalue weighted by Crippen LogP contribution is -2.52. The van der Waals surface area contributed by atoms with Gasteiger partial charge in [0, 0.05) is 6.42 Å². The van der Waals surface area contributed by atoms with E-state index in [9.17, 15) is 19.2 Å². The maximum Gasteiger partial charge on any atom is 0.408 e. The third-order valence-corrected chi connectivity index (χ3v) is 4.20. The van der Waals surface area contributed by atoms with E-state index in [-0.39, 0.29) is 25.4 Å². The molecule has 0 saturated heterocycles. The van der Waals surface area contributed by atoms with Crippen LogP contribution in [-0.2, 0) is 35.2 Å². The van der Waals surface area contributed by atoms with E-state index in [4.69, 9.17) is 9.47 Å². The highest BCUT2D eigenvalue weighted by Gasteiger charge is 2.28. The maximum absolute atomic E-state index is 12.7. The monoisotopic (exact) mass is 422 g/mol. The van der Waals surface area contributed by atoms with Crippen molar-refractivity contribution in [3.63, 3.8) is 0 Å². The van der Waals surface area contributed by atoms with E-state index >= 15 is 0 Å². The third-order valence-electron chi connectivity index (χ3n) is 4.20. The van der Waals surface area contributed by atoms with Crippen molar-refractivity contribution >= 4 is 23.9 Å². The summed E-state index contributed by atoms with van der Waals surface area (Å²) in [5, 5.41) is 5.08. The lowest BCUT2D eigenvalue weighted by Gasteiger charge is -2.23. The van der Waals surface area contributed by atoms with E-state index in [1.165, 1.54) is 14.2 Å². The minimum Gasteiger partial charge on any atom is -0.469 e. The van der Waals surface area contributed by atoms with Crippen LogP contribution in [-0.4, -0.2) is 50.2 Å². The molecule has 0 unspecified atom stereocenters. The van der Waals surface area contributed by atoms with Crippen LogP contribution in [0.3, 0.4) is 0 Å². The van der Waals surface area contributed by atoms with Gasteiger partial charge in [0.05, 0.1) is 14.2 Å². The Kier molecular flexibility index (Phi) is 11.0. The Morgan fingerprint density at radius 1 is 0.933 bits per heavy atom. The third kappa shape index (κ3) is 9.40. The first-order valence-corrected chi connectivity index (χ1v) is 9.69. The average Bonchev–Trinajstić information content (AvgIpc) is 2.74. The second-order valence-corrected chi connectivity index (χ2v) is 7.09. The van der Waals surface area contributed by atoms with Crippen molar-refractivity contribution in [2.75, 3.05) is 14.2 Å². The Hall–Kier alpha value is -3.10. The van der Waals surface area contributed by atoms with Crippen LogP contribution >= 0.6 is 0 Å². The lowest BCUT2D eigenvalue weighted by molar-refractivity contribution is -0.146. The number of ether oxygens (including phenoxy) is 3. The van der Waals surface area contributed by atoms with Crippen molar-refractivity contribution in [3.8, 4) is 0 Å². The summed E-state index contributed by atoms with van der Waals surface area (Å²) in [6, 6.07) is 7.17. The molecule has 0 aliphatic heterocycles. The molecule has 2 N–H and O–H groups in total. The molecular weight excluding hydrogens is 392 g/mol. The summed E-state index contributed by atoms with van der Waals surface area (Å²) in [6.07, 6.45) is -0.476. The fourth-order valence-corrected chi connectivity index (χ4v) is 2.64. The molecule has 1 aromatic carbocycles. The second kappa shape index (κ2) is 13.2. The van der Waals surface area contributed by atoms with Crippen molar-refractivity contribution < 1.29 is 33.4 Å². The zero-order valence-corrected chi connectivity index (χ0v) is 17.8. The molecule has 0 aliphatic carbocycles. The van der Waals surface area contributed by atoms with Crippen LogP contribution in [0.25, 0.3) is 0 Å². The summed E-state index contributed by atoms with van der Waals surface area (Å²) in [4.78, 5) is 48.2. The maximum atomic E-state index is 12.7. The van der Waals surface area contributed by atoms with E-state index < -0.39 is 36.0 Å². The molecule has 30 heavy (non-hydrogen) atoms. The highest BCUT2D eigenvalue weighted by Crippen LogP contribution is 2.09. The molecule has 9 heteroatoms. The molecule has 0 aromatic heterocycles. The number of rotatable bonds is 11. The van der Waals surface area contributed by atoms with Gasteiger partial charge in [-0.05, 0) is 24.3 Å². The number of amides is 2. The molecule has 0 spiro atoms. The van der Waals surface area contributed by atoms with Crippen LogP contribution in [0, 0.1) is 5.92 Å². The molecule has 0 radical (unpaired) electrons. The molecule has 2 atom stereocenters. The minimum atomic E-state index is -1.04. The van der Waals surface area contributed by atoms with Crippen LogP contribution < -0.4 is 10.6 Å². The molecule has 0 saturated carbocycles. The predicted octanol–water partition coefficient (Wildman–Crippen LogP) is 1.94. The summed E-state index contributed by atoms with van der Waals surface area (Å²) in [6.45, 7) is 3.85. The van der Waals surface area contributed by atoms with Crippen molar-refractivity contribution in [3.05, 3.63) is 35.9 Å². The van der Waals surface area contributed by atoms with Crippen LogP contribution in [0.15, 0.2) is 30.3 Å². The molecule has 1 aromatic rings. The molecule has 1 rings (SSSR count). The normalized spacial score (nSPS) is 12.4. The second-order valence-electron chi connectivity index (χ2n) is 7.09. The largest absolute Gasteiger partial charge is 0.469 e. The van der Waals surface area contributed by atoms with Gasteiger partial charge >= 0.3 is 18.0 Å². The summed E-state index contributed by atoms with van der Waals surface area (Å²) < 4.78 is 14.4. The Balaban J connectivity index is 2.73. The molecule has 0 fully saturated rings. The molecule has 9 nitrogen and oxygen atoms in total. The lowest BCUT2D eigenvalue weighted by atomic mass is 10.0. The minimum absolute atomic E-state index is 0.0118. The average molecular weight is 422 g/mol. The van der Waals surface area contributed by atoms with E-state index in [0.717, 1.165) is 5.56 Å². The zero-order valence-electron chi connectivity index (χ0n) is 17.8. The summed E-state index contributed by atoms with van der Waals surface area (Å²) in [5.74, 6) is -1.69. The predicted molar refractivity (Wildman–Crippen MR) is 108 cm³/mol. The van der Waals surface area contributed by atoms with Crippen molar-refractivity contribution in [2.45, 2.75) is 51.8 Å². The zero-order chi connectivity index (χ0) is 22.5. The Morgan fingerprint density at radius 3 is 2.17 bits per heavy atom. The summed E-state index contributed by atoms with van der Waals surface area (Å²) in [5.41, 5.74) is 0.811. The van der Waals surface area contributed by atoms with E-state index in [0.29, 0.717) is 6.42 Å². The smallest absolute Gasteiger partial charge is 0.408 e. The van der Waals surface area contributed by atoms with Gasteiger partial charge in [-0.1, -0.05) is 44.2 Å². The van der Waals surface area contributed by atoms with E-state index in [1.54, 1.807) is 0 Å². The van der Waals surface area contributed by atoms with Crippen LogP contribution in [0.5, 0.6) is 0 Å². The van der Waals surface area contributed by atoms with Crippen LogP contribution in [0.2, 0.25) is 0 Å². The van der Waals surface area contributed by atoms with Crippen molar-refractivity contribution in [1.82, 2.24) is 10.6 Å². The van der Waals surface area contributed by atoms with Gasteiger partial charge in [0.25, 0.3) is 0 Å². The summed E-state index contributed by atoms with van der Waals surface area (Å²) in [7, 11) is 2.42. The van der Waals surface area contributed by atoms with Gasteiger partial charge in [0.2, 0.25) is 5.91 Å². The number of esters is 2. The first kappa shape index (κ1) is 24.9. The van der Waals surface area contributed by atoms with Gasteiger partial charge in [0.1, 0.15) is 18.7 Å². The number of alkyl carbamates (subject to hydrolysis) is 1. The number of benzene rings is 1. The number of methoxy groups -OCH3 is 2. The van der Waals surface area contributed by atoms with Gasteiger partial charge < -0.3 is 24.8 Å². The summed E-state index contributed by atoms with van der Waals surface area (Å²) >= 11 is 0. The number of carbonyl (C=O) groups is 4. The Labute approximate surface area is 176 Å². The highest BCUT2D eigenvalue weighted by molar-refractivity contribution is 5.89. The number of hydrogen-bond acceptors (Lipinski definition) is 7. The number of carbonyl (C=O) groups excluding carboxylic acids is 4. The fraction of sp³-hybridized carbons (Fsp3) is 0.524. The first-order chi connectivity index (χ1) is 14.3. The first-order valence-electron chi connectivity index (χ1n) is 9.69.